The monoisotopic (exact) mass is 313 g/mol. The van der Waals surface area contributed by atoms with Gasteiger partial charge in [0.15, 0.2) is 5.82 Å². The molecule has 1 saturated heterocycles. The van der Waals surface area contributed by atoms with E-state index < -0.39 is 0 Å². The summed E-state index contributed by atoms with van der Waals surface area (Å²) in [5.41, 5.74) is 1.34. The van der Waals surface area contributed by atoms with Gasteiger partial charge in [-0.15, -0.1) is 0 Å². The summed E-state index contributed by atoms with van der Waals surface area (Å²) in [6.07, 6.45) is 4.88. The summed E-state index contributed by atoms with van der Waals surface area (Å²) in [5, 5.41) is 4.17. The van der Waals surface area contributed by atoms with E-state index in [1.54, 1.807) is 0 Å². The minimum Gasteiger partial charge on any atom is -0.339 e. The highest BCUT2D eigenvalue weighted by Crippen LogP contribution is 2.25. The molecule has 3 rings (SSSR count). The van der Waals surface area contributed by atoms with Crippen LogP contribution in [0.25, 0.3) is 0 Å². The molecule has 0 radical (unpaired) electrons. The molecule has 23 heavy (non-hydrogen) atoms. The molecule has 4 nitrogen and oxygen atoms in total. The zero-order chi connectivity index (χ0) is 16.3. The highest BCUT2D eigenvalue weighted by atomic mass is 16.5. The van der Waals surface area contributed by atoms with Gasteiger partial charge in [-0.25, -0.2) is 0 Å². The maximum absolute atomic E-state index is 5.42. The molecule has 1 aliphatic rings. The largest absolute Gasteiger partial charge is 0.339 e. The van der Waals surface area contributed by atoms with Crippen molar-refractivity contribution in [3.8, 4) is 0 Å². The fourth-order valence-corrected chi connectivity index (χ4v) is 3.21. The molecule has 1 unspecified atom stereocenters. The second-order valence-corrected chi connectivity index (χ2v) is 7.56. The molecule has 1 fully saturated rings. The van der Waals surface area contributed by atoms with Crippen LogP contribution in [0.5, 0.6) is 0 Å². The van der Waals surface area contributed by atoms with Crippen molar-refractivity contribution in [2.75, 3.05) is 6.54 Å². The van der Waals surface area contributed by atoms with Crippen LogP contribution in [0.4, 0.5) is 0 Å². The molecule has 0 saturated carbocycles. The summed E-state index contributed by atoms with van der Waals surface area (Å²) in [7, 11) is 0. The van der Waals surface area contributed by atoms with E-state index in [4.69, 9.17) is 4.52 Å². The Labute approximate surface area is 138 Å². The molecule has 0 N–H and O–H groups in total. The molecule has 124 valence electrons. The Balaban J connectivity index is 1.57. The van der Waals surface area contributed by atoms with Crippen LogP contribution in [-0.4, -0.2) is 27.6 Å². The third-order valence-electron chi connectivity index (χ3n) is 4.56. The molecular formula is C19H27N3O. The van der Waals surface area contributed by atoms with Gasteiger partial charge in [-0.1, -0.05) is 56.3 Å². The smallest absolute Gasteiger partial charge is 0.232 e. The summed E-state index contributed by atoms with van der Waals surface area (Å²) in [4.78, 5) is 7.09. The Morgan fingerprint density at radius 3 is 2.70 bits per heavy atom. The summed E-state index contributed by atoms with van der Waals surface area (Å²) < 4.78 is 5.42. The number of rotatable bonds is 5. The van der Waals surface area contributed by atoms with Crippen LogP contribution in [0.3, 0.4) is 0 Å². The topological polar surface area (TPSA) is 42.2 Å². The number of likely N-dealkylation sites (tertiary alicyclic amines) is 1. The Hall–Kier alpha value is -1.68. The van der Waals surface area contributed by atoms with E-state index in [0.717, 1.165) is 31.2 Å². The van der Waals surface area contributed by atoms with Gasteiger partial charge in [0.2, 0.25) is 5.89 Å². The van der Waals surface area contributed by atoms with E-state index in [1.807, 2.05) is 0 Å². The minimum atomic E-state index is -0.0804. The van der Waals surface area contributed by atoms with Gasteiger partial charge >= 0.3 is 0 Å². The molecule has 2 heterocycles. The molecule has 4 heteroatoms. The zero-order valence-corrected chi connectivity index (χ0v) is 14.5. The number of aromatic nitrogens is 2. The Kier molecular flexibility index (Phi) is 4.81. The van der Waals surface area contributed by atoms with E-state index in [0.29, 0.717) is 6.04 Å². The van der Waals surface area contributed by atoms with Gasteiger partial charge < -0.3 is 4.52 Å². The lowest BCUT2D eigenvalue weighted by Crippen LogP contribution is -2.29. The van der Waals surface area contributed by atoms with E-state index >= 15 is 0 Å². The van der Waals surface area contributed by atoms with Crippen LogP contribution >= 0.6 is 0 Å². The quantitative estimate of drug-likeness (QED) is 0.838. The summed E-state index contributed by atoms with van der Waals surface area (Å²) >= 11 is 0. The van der Waals surface area contributed by atoms with Gasteiger partial charge in [-0.3, -0.25) is 4.90 Å². The maximum Gasteiger partial charge on any atom is 0.232 e. The molecule has 0 amide bonds. The fourth-order valence-electron chi connectivity index (χ4n) is 3.21. The van der Waals surface area contributed by atoms with Crippen molar-refractivity contribution in [2.45, 2.75) is 64.5 Å². The SMILES string of the molecule is CC(C)(C)c1nc(CN2CCCC2CCc2ccccc2)no1. The number of benzene rings is 1. The van der Waals surface area contributed by atoms with E-state index in [9.17, 15) is 0 Å². The normalized spacial score (nSPS) is 19.3. The first-order valence-corrected chi connectivity index (χ1v) is 8.63. The van der Waals surface area contributed by atoms with Crippen LogP contribution in [-0.2, 0) is 18.4 Å². The molecule has 0 aliphatic carbocycles. The average molecular weight is 313 g/mol. The fraction of sp³-hybridized carbons (Fsp3) is 0.579. The van der Waals surface area contributed by atoms with Crippen molar-refractivity contribution in [3.05, 3.63) is 47.6 Å². The first kappa shape index (κ1) is 16.2. The first-order valence-electron chi connectivity index (χ1n) is 8.63. The summed E-state index contributed by atoms with van der Waals surface area (Å²) in [5.74, 6) is 1.55. The average Bonchev–Trinajstić information content (AvgIpc) is 3.16. The molecule has 1 aromatic heterocycles. The number of nitrogens with zero attached hydrogens (tertiary/aromatic N) is 3. The predicted octanol–water partition coefficient (Wildman–Crippen LogP) is 3.96. The second kappa shape index (κ2) is 6.83. The molecule has 2 aromatic rings. The standard InChI is InChI=1S/C19H27N3O/c1-19(2,3)18-20-17(21-23-18)14-22-13-7-10-16(22)12-11-15-8-5-4-6-9-15/h4-6,8-9,16H,7,10-14H2,1-3H3. The molecule has 1 aromatic carbocycles. The Morgan fingerprint density at radius 2 is 2.00 bits per heavy atom. The van der Waals surface area contributed by atoms with Crippen molar-refractivity contribution in [3.63, 3.8) is 0 Å². The van der Waals surface area contributed by atoms with Gasteiger partial charge in [0.05, 0.1) is 6.54 Å². The van der Waals surface area contributed by atoms with Gasteiger partial charge in [-0.05, 0) is 37.8 Å². The third kappa shape index (κ3) is 4.20. The first-order chi connectivity index (χ1) is 11.0. The van der Waals surface area contributed by atoms with Crippen molar-refractivity contribution in [1.29, 1.82) is 0 Å². The lowest BCUT2D eigenvalue weighted by atomic mass is 9.97. The third-order valence-corrected chi connectivity index (χ3v) is 4.56. The van der Waals surface area contributed by atoms with E-state index in [2.05, 4.69) is 66.1 Å². The number of hydrogen-bond donors (Lipinski definition) is 0. The van der Waals surface area contributed by atoms with Crippen LogP contribution in [0, 0.1) is 0 Å². The van der Waals surface area contributed by atoms with Gasteiger partial charge in [0.1, 0.15) is 0 Å². The maximum atomic E-state index is 5.42. The number of hydrogen-bond acceptors (Lipinski definition) is 4. The predicted molar refractivity (Wildman–Crippen MR) is 91.2 cm³/mol. The molecule has 1 aliphatic heterocycles. The van der Waals surface area contributed by atoms with Crippen LogP contribution in [0.2, 0.25) is 0 Å². The van der Waals surface area contributed by atoms with Crippen molar-refractivity contribution < 1.29 is 4.52 Å². The van der Waals surface area contributed by atoms with Gasteiger partial charge in [0, 0.05) is 11.5 Å². The number of aryl methyl sites for hydroxylation is 1. The minimum absolute atomic E-state index is 0.0804. The second-order valence-electron chi connectivity index (χ2n) is 7.56. The van der Waals surface area contributed by atoms with Crippen LogP contribution in [0.1, 0.15) is 57.3 Å². The summed E-state index contributed by atoms with van der Waals surface area (Å²) in [6.45, 7) is 8.24. The highest BCUT2D eigenvalue weighted by Gasteiger charge is 2.27. The molecule has 0 bridgehead atoms. The lowest BCUT2D eigenvalue weighted by Gasteiger charge is -2.23. The van der Waals surface area contributed by atoms with Gasteiger partial charge in [0.25, 0.3) is 0 Å². The molecule has 0 spiro atoms. The van der Waals surface area contributed by atoms with Crippen LogP contribution in [0.15, 0.2) is 34.9 Å². The zero-order valence-electron chi connectivity index (χ0n) is 14.5. The van der Waals surface area contributed by atoms with Crippen LogP contribution < -0.4 is 0 Å². The van der Waals surface area contributed by atoms with E-state index in [1.165, 1.54) is 24.8 Å². The van der Waals surface area contributed by atoms with Gasteiger partial charge in [-0.2, -0.15) is 4.98 Å². The van der Waals surface area contributed by atoms with Crippen molar-refractivity contribution in [1.82, 2.24) is 15.0 Å². The van der Waals surface area contributed by atoms with Crippen molar-refractivity contribution in [2.24, 2.45) is 0 Å². The van der Waals surface area contributed by atoms with E-state index in [-0.39, 0.29) is 5.41 Å². The molecule has 1 atom stereocenters. The Morgan fingerprint density at radius 1 is 1.22 bits per heavy atom. The van der Waals surface area contributed by atoms with Crippen molar-refractivity contribution >= 4 is 0 Å². The Bertz CT molecular complexity index is 615. The lowest BCUT2D eigenvalue weighted by molar-refractivity contribution is 0.225. The molecular weight excluding hydrogens is 286 g/mol. The summed E-state index contributed by atoms with van der Waals surface area (Å²) in [6, 6.07) is 11.4. The highest BCUT2D eigenvalue weighted by molar-refractivity contribution is 5.15.